The summed E-state index contributed by atoms with van der Waals surface area (Å²) in [5.74, 6) is 0.0753. The Morgan fingerprint density at radius 2 is 1.77 bits per heavy atom. The number of halogens is 1. The van der Waals surface area contributed by atoms with Crippen molar-refractivity contribution < 1.29 is 9.53 Å². The Bertz CT molecular complexity index is 646. The second kappa shape index (κ2) is 6.51. The minimum atomic E-state index is 0.0753. The number of carbonyl (C=O) groups excluding carboxylic acids is 1. The van der Waals surface area contributed by atoms with Crippen LogP contribution in [0.3, 0.4) is 0 Å². The van der Waals surface area contributed by atoms with E-state index in [2.05, 4.69) is 0 Å². The van der Waals surface area contributed by atoms with E-state index in [1.807, 2.05) is 60.4 Å². The van der Waals surface area contributed by atoms with Crippen molar-refractivity contribution in [2.45, 2.75) is 19.6 Å². The van der Waals surface area contributed by atoms with Gasteiger partial charge in [0.2, 0.25) is 0 Å². The zero-order valence-corrected chi connectivity index (χ0v) is 13.2. The minimum absolute atomic E-state index is 0.0753. The van der Waals surface area contributed by atoms with Crippen molar-refractivity contribution >= 4 is 17.5 Å². The Morgan fingerprint density at radius 1 is 1.14 bits per heavy atom. The Morgan fingerprint density at radius 3 is 2.41 bits per heavy atom. The van der Waals surface area contributed by atoms with Gasteiger partial charge in [0.15, 0.2) is 0 Å². The lowest BCUT2D eigenvalue weighted by Crippen LogP contribution is -2.54. The molecule has 114 valence electrons. The molecule has 0 atom stereocenters. The van der Waals surface area contributed by atoms with Gasteiger partial charge >= 0.3 is 0 Å². The predicted molar refractivity (Wildman–Crippen MR) is 87.1 cm³/mol. The molecule has 2 aromatic rings. The highest BCUT2D eigenvalue weighted by molar-refractivity contribution is 6.30. The molecule has 1 amide bonds. The van der Waals surface area contributed by atoms with E-state index in [0.717, 1.165) is 21.7 Å². The minimum Gasteiger partial charge on any atom is -0.370 e. The number of carbonyl (C=O) groups is 1. The van der Waals surface area contributed by atoms with Crippen LogP contribution < -0.4 is 0 Å². The summed E-state index contributed by atoms with van der Waals surface area (Å²) in [5.41, 5.74) is 2.98. The van der Waals surface area contributed by atoms with Gasteiger partial charge < -0.3 is 9.64 Å². The Labute approximate surface area is 135 Å². The van der Waals surface area contributed by atoms with E-state index in [4.69, 9.17) is 16.3 Å². The number of aryl methyl sites for hydroxylation is 1. The van der Waals surface area contributed by atoms with Crippen molar-refractivity contribution in [3.8, 4) is 0 Å². The van der Waals surface area contributed by atoms with E-state index < -0.39 is 0 Å². The van der Waals surface area contributed by atoms with Crippen LogP contribution in [0.1, 0.15) is 21.5 Å². The van der Waals surface area contributed by atoms with Crippen molar-refractivity contribution in [1.29, 1.82) is 0 Å². The highest BCUT2D eigenvalue weighted by atomic mass is 35.5. The Kier molecular flexibility index (Phi) is 4.46. The molecule has 1 fully saturated rings. The first-order valence-corrected chi connectivity index (χ1v) is 7.71. The average molecular weight is 316 g/mol. The third-order valence-electron chi connectivity index (χ3n) is 3.83. The second-order valence-electron chi connectivity index (χ2n) is 5.64. The molecule has 0 saturated carbocycles. The van der Waals surface area contributed by atoms with E-state index >= 15 is 0 Å². The fraction of sp³-hybridized carbons (Fsp3) is 0.278. The third kappa shape index (κ3) is 3.49. The monoisotopic (exact) mass is 315 g/mol. The van der Waals surface area contributed by atoms with E-state index in [-0.39, 0.29) is 12.0 Å². The van der Waals surface area contributed by atoms with Crippen LogP contribution >= 0.6 is 11.6 Å². The predicted octanol–water partition coefficient (Wildman–Crippen LogP) is 3.69. The molecule has 1 aliphatic heterocycles. The molecule has 0 unspecified atom stereocenters. The summed E-state index contributed by atoms with van der Waals surface area (Å²) in [6.07, 6.45) is 0.116. The smallest absolute Gasteiger partial charge is 0.254 e. The molecule has 0 bridgehead atoms. The summed E-state index contributed by atoms with van der Waals surface area (Å²) in [7, 11) is 0. The number of hydrogen-bond acceptors (Lipinski definition) is 2. The first-order chi connectivity index (χ1) is 10.6. The van der Waals surface area contributed by atoms with Gasteiger partial charge in [-0.25, -0.2) is 0 Å². The molecule has 3 nitrogen and oxygen atoms in total. The number of likely N-dealkylation sites (tertiary alicyclic amines) is 1. The molecular weight excluding hydrogens is 298 g/mol. The summed E-state index contributed by atoms with van der Waals surface area (Å²) in [4.78, 5) is 14.1. The zero-order valence-electron chi connectivity index (χ0n) is 12.5. The molecule has 0 N–H and O–H groups in total. The summed E-state index contributed by atoms with van der Waals surface area (Å²) in [6.45, 7) is 3.87. The van der Waals surface area contributed by atoms with Gasteiger partial charge in [0.05, 0.1) is 12.7 Å². The van der Waals surface area contributed by atoms with Crippen LogP contribution in [0.2, 0.25) is 5.02 Å². The first-order valence-electron chi connectivity index (χ1n) is 7.34. The van der Waals surface area contributed by atoms with Crippen molar-refractivity contribution in [2.24, 2.45) is 0 Å². The summed E-state index contributed by atoms with van der Waals surface area (Å²) in [5, 5.41) is 0.724. The summed E-state index contributed by atoms with van der Waals surface area (Å²) >= 11 is 5.85. The van der Waals surface area contributed by atoms with Gasteiger partial charge in [-0.15, -0.1) is 0 Å². The summed E-state index contributed by atoms with van der Waals surface area (Å²) in [6, 6.07) is 15.3. The fourth-order valence-corrected chi connectivity index (χ4v) is 2.51. The van der Waals surface area contributed by atoms with E-state index in [9.17, 15) is 4.79 Å². The lowest BCUT2D eigenvalue weighted by atomic mass is 10.1. The van der Waals surface area contributed by atoms with E-state index in [0.29, 0.717) is 19.7 Å². The maximum atomic E-state index is 12.3. The highest BCUT2D eigenvalue weighted by Crippen LogP contribution is 2.18. The molecule has 0 spiro atoms. The molecule has 0 radical (unpaired) electrons. The van der Waals surface area contributed by atoms with Gasteiger partial charge in [0.25, 0.3) is 5.91 Å². The van der Waals surface area contributed by atoms with Gasteiger partial charge in [-0.2, -0.15) is 0 Å². The fourth-order valence-electron chi connectivity index (χ4n) is 2.38. The van der Waals surface area contributed by atoms with Crippen LogP contribution in [0.5, 0.6) is 0 Å². The van der Waals surface area contributed by atoms with Crippen molar-refractivity contribution in [3.05, 3.63) is 70.2 Å². The lowest BCUT2D eigenvalue weighted by Gasteiger charge is -2.39. The average Bonchev–Trinajstić information content (AvgIpc) is 2.48. The number of hydrogen-bond donors (Lipinski definition) is 0. The topological polar surface area (TPSA) is 29.5 Å². The van der Waals surface area contributed by atoms with Gasteiger partial charge in [-0.05, 0) is 36.8 Å². The largest absolute Gasteiger partial charge is 0.370 e. The molecule has 4 heteroatoms. The van der Waals surface area contributed by atoms with Crippen LogP contribution in [0.4, 0.5) is 0 Å². The van der Waals surface area contributed by atoms with Gasteiger partial charge in [0.1, 0.15) is 0 Å². The molecule has 1 heterocycles. The van der Waals surface area contributed by atoms with Crippen molar-refractivity contribution in [1.82, 2.24) is 4.90 Å². The number of nitrogens with zero attached hydrogens (tertiary/aromatic N) is 1. The third-order valence-corrected chi connectivity index (χ3v) is 4.08. The maximum Gasteiger partial charge on any atom is 0.254 e. The first kappa shape index (κ1) is 15.1. The quantitative estimate of drug-likeness (QED) is 0.861. The van der Waals surface area contributed by atoms with Crippen molar-refractivity contribution in [2.75, 3.05) is 13.1 Å². The van der Waals surface area contributed by atoms with Gasteiger partial charge in [-0.3, -0.25) is 4.79 Å². The van der Waals surface area contributed by atoms with Crippen LogP contribution in [-0.2, 0) is 11.3 Å². The molecule has 1 aliphatic rings. The highest BCUT2D eigenvalue weighted by Gasteiger charge is 2.31. The number of ether oxygens (including phenoxy) is 1. The maximum absolute atomic E-state index is 12.3. The Hall–Kier alpha value is -1.84. The molecule has 0 aliphatic carbocycles. The zero-order chi connectivity index (χ0) is 15.5. The second-order valence-corrected chi connectivity index (χ2v) is 6.07. The van der Waals surface area contributed by atoms with Crippen molar-refractivity contribution in [3.63, 3.8) is 0 Å². The Balaban J connectivity index is 1.46. The molecule has 3 rings (SSSR count). The molecule has 0 aromatic heterocycles. The van der Waals surface area contributed by atoms with Crippen LogP contribution in [0.25, 0.3) is 0 Å². The van der Waals surface area contributed by atoms with Gasteiger partial charge in [-0.1, -0.05) is 41.4 Å². The lowest BCUT2D eigenvalue weighted by molar-refractivity contribution is -0.0503. The number of amides is 1. The molecule has 22 heavy (non-hydrogen) atoms. The van der Waals surface area contributed by atoms with Crippen LogP contribution in [0.15, 0.2) is 48.5 Å². The number of benzene rings is 2. The summed E-state index contributed by atoms with van der Waals surface area (Å²) < 4.78 is 5.80. The SMILES string of the molecule is Cc1ccc(C(=O)N2CC(OCc3ccc(Cl)cc3)C2)cc1. The van der Waals surface area contributed by atoms with Crippen LogP contribution in [-0.4, -0.2) is 30.0 Å². The van der Waals surface area contributed by atoms with E-state index in [1.165, 1.54) is 0 Å². The van der Waals surface area contributed by atoms with Crippen LogP contribution in [0, 0.1) is 6.92 Å². The number of rotatable bonds is 4. The normalized spacial score (nSPS) is 14.7. The molecule has 1 saturated heterocycles. The van der Waals surface area contributed by atoms with E-state index in [1.54, 1.807) is 0 Å². The molecule has 2 aromatic carbocycles. The van der Waals surface area contributed by atoms with Gasteiger partial charge in [0, 0.05) is 23.7 Å². The standard InChI is InChI=1S/C18H18ClNO2/c1-13-2-6-15(7-3-13)18(21)20-10-17(11-20)22-12-14-4-8-16(19)9-5-14/h2-9,17H,10-12H2,1H3. The molecular formula is C18H18ClNO2.